The van der Waals surface area contributed by atoms with Gasteiger partial charge in [0.15, 0.2) is 0 Å². The number of likely N-dealkylation sites (N-methyl/N-ethyl adjacent to an activating group) is 1. The third kappa shape index (κ3) is 6.91. The monoisotopic (exact) mass is 297 g/mol. The maximum Gasteiger partial charge on any atom is 0.124 e. The maximum absolute atomic E-state index is 5.92. The highest BCUT2D eigenvalue weighted by Gasteiger charge is 2.15. The molecule has 0 saturated heterocycles. The minimum Gasteiger partial charge on any atom is -0.496 e. The number of hydrogen-bond acceptors (Lipinski definition) is 5. The van der Waals surface area contributed by atoms with Crippen LogP contribution in [0.4, 0.5) is 0 Å². The highest BCUT2D eigenvalue weighted by Crippen LogP contribution is 2.26. The molecule has 120 valence electrons. The highest BCUT2D eigenvalue weighted by atomic mass is 16.5. The van der Waals surface area contributed by atoms with E-state index in [0.717, 1.165) is 30.9 Å². The largest absolute Gasteiger partial charge is 0.496 e. The van der Waals surface area contributed by atoms with Gasteiger partial charge in [0, 0.05) is 32.4 Å². The molecule has 5 nitrogen and oxygen atoms in total. The van der Waals surface area contributed by atoms with Crippen molar-refractivity contribution in [3.05, 3.63) is 29.8 Å². The topological polar surface area (TPSA) is 49.0 Å². The minimum absolute atomic E-state index is 0.0475. The second kappa shape index (κ2) is 11.5. The van der Waals surface area contributed by atoms with Crippen molar-refractivity contribution in [1.29, 1.82) is 0 Å². The van der Waals surface area contributed by atoms with Crippen LogP contribution in [-0.2, 0) is 14.2 Å². The first-order valence-electron chi connectivity index (χ1n) is 7.29. The summed E-state index contributed by atoms with van der Waals surface area (Å²) in [6.07, 6.45) is 0.858. The van der Waals surface area contributed by atoms with Crippen molar-refractivity contribution < 1.29 is 18.9 Å². The number of rotatable bonds is 12. The summed E-state index contributed by atoms with van der Waals surface area (Å²) in [6.45, 7) is 3.29. The summed E-state index contributed by atoms with van der Waals surface area (Å²) in [4.78, 5) is 0. The molecule has 1 rings (SSSR count). The Morgan fingerprint density at radius 2 is 1.86 bits per heavy atom. The molecule has 0 aliphatic rings. The van der Waals surface area contributed by atoms with Gasteiger partial charge in [-0.25, -0.2) is 0 Å². The summed E-state index contributed by atoms with van der Waals surface area (Å²) < 4.78 is 21.8. The summed E-state index contributed by atoms with van der Waals surface area (Å²) in [5, 5.41) is 3.15. The van der Waals surface area contributed by atoms with Gasteiger partial charge in [-0.2, -0.15) is 0 Å². The van der Waals surface area contributed by atoms with E-state index in [0.29, 0.717) is 19.8 Å². The van der Waals surface area contributed by atoms with E-state index in [1.165, 1.54) is 0 Å². The molecule has 0 saturated carbocycles. The van der Waals surface area contributed by atoms with Crippen molar-refractivity contribution in [2.75, 3.05) is 54.2 Å². The summed E-state index contributed by atoms with van der Waals surface area (Å²) in [5.41, 5.74) is 1.05. The minimum atomic E-state index is -0.0475. The van der Waals surface area contributed by atoms with E-state index in [-0.39, 0.29) is 6.10 Å². The lowest BCUT2D eigenvalue weighted by Gasteiger charge is -2.20. The van der Waals surface area contributed by atoms with Gasteiger partial charge in [-0.3, -0.25) is 0 Å². The Bertz CT molecular complexity index is 373. The molecule has 0 radical (unpaired) electrons. The van der Waals surface area contributed by atoms with Crippen LogP contribution in [0, 0.1) is 0 Å². The predicted octanol–water partition coefficient (Wildman–Crippen LogP) is 2.03. The van der Waals surface area contributed by atoms with E-state index in [2.05, 4.69) is 5.32 Å². The molecular formula is C16H27NO4. The highest BCUT2D eigenvalue weighted by molar-refractivity contribution is 5.35. The molecule has 0 bridgehead atoms. The van der Waals surface area contributed by atoms with Crippen LogP contribution in [0.15, 0.2) is 24.3 Å². The zero-order valence-electron chi connectivity index (χ0n) is 13.3. The Kier molecular flexibility index (Phi) is 9.82. The van der Waals surface area contributed by atoms with E-state index in [1.54, 1.807) is 14.2 Å². The third-order valence-electron chi connectivity index (χ3n) is 3.06. The van der Waals surface area contributed by atoms with Gasteiger partial charge in [0.2, 0.25) is 0 Å². The SMILES string of the molecule is CNCC(OCCOCCCOC)c1ccccc1OC. The number of benzene rings is 1. The Hall–Kier alpha value is -1.14. The molecule has 21 heavy (non-hydrogen) atoms. The average molecular weight is 297 g/mol. The first kappa shape index (κ1) is 17.9. The van der Waals surface area contributed by atoms with E-state index < -0.39 is 0 Å². The van der Waals surface area contributed by atoms with Crippen LogP contribution in [0.3, 0.4) is 0 Å². The van der Waals surface area contributed by atoms with E-state index in [4.69, 9.17) is 18.9 Å². The van der Waals surface area contributed by atoms with Gasteiger partial charge in [-0.15, -0.1) is 0 Å². The van der Waals surface area contributed by atoms with Gasteiger partial charge in [0.05, 0.1) is 26.4 Å². The number of nitrogens with one attached hydrogen (secondary N) is 1. The van der Waals surface area contributed by atoms with Crippen LogP contribution in [0.25, 0.3) is 0 Å². The van der Waals surface area contributed by atoms with Crippen molar-refractivity contribution in [2.45, 2.75) is 12.5 Å². The lowest BCUT2D eigenvalue weighted by Crippen LogP contribution is -2.22. The molecule has 1 unspecified atom stereocenters. The molecule has 1 aromatic rings. The Morgan fingerprint density at radius 3 is 2.57 bits per heavy atom. The normalized spacial score (nSPS) is 12.3. The predicted molar refractivity (Wildman–Crippen MR) is 82.9 cm³/mol. The molecule has 5 heteroatoms. The van der Waals surface area contributed by atoms with Gasteiger partial charge in [-0.1, -0.05) is 18.2 Å². The lowest BCUT2D eigenvalue weighted by molar-refractivity contribution is 0.000622. The smallest absolute Gasteiger partial charge is 0.124 e. The molecule has 0 aliphatic carbocycles. The summed E-state index contributed by atoms with van der Waals surface area (Å²) in [6, 6.07) is 7.92. The quantitative estimate of drug-likeness (QED) is 0.598. The lowest BCUT2D eigenvalue weighted by atomic mass is 10.1. The number of hydrogen-bond donors (Lipinski definition) is 1. The molecule has 1 atom stereocenters. The van der Waals surface area contributed by atoms with Crippen molar-refractivity contribution >= 4 is 0 Å². The van der Waals surface area contributed by atoms with E-state index in [9.17, 15) is 0 Å². The number of methoxy groups -OCH3 is 2. The summed E-state index contributed by atoms with van der Waals surface area (Å²) >= 11 is 0. The second-order valence-corrected chi connectivity index (χ2v) is 4.62. The van der Waals surface area contributed by atoms with Crippen molar-refractivity contribution in [1.82, 2.24) is 5.32 Å². The van der Waals surface area contributed by atoms with Gasteiger partial charge >= 0.3 is 0 Å². The first-order valence-corrected chi connectivity index (χ1v) is 7.29. The average Bonchev–Trinajstić information content (AvgIpc) is 2.53. The van der Waals surface area contributed by atoms with Crippen LogP contribution in [0.5, 0.6) is 5.75 Å². The van der Waals surface area contributed by atoms with Gasteiger partial charge in [-0.05, 0) is 19.5 Å². The fourth-order valence-electron chi connectivity index (χ4n) is 2.03. The molecule has 0 fully saturated rings. The van der Waals surface area contributed by atoms with Crippen molar-refractivity contribution in [3.63, 3.8) is 0 Å². The molecule has 0 spiro atoms. The molecule has 0 amide bonds. The zero-order valence-corrected chi connectivity index (χ0v) is 13.3. The Morgan fingerprint density at radius 1 is 1.05 bits per heavy atom. The van der Waals surface area contributed by atoms with Crippen molar-refractivity contribution in [2.24, 2.45) is 0 Å². The standard InChI is InChI=1S/C16H27NO4/c1-17-13-16(14-7-4-5-8-15(14)19-3)21-12-11-20-10-6-9-18-2/h4-5,7-8,16-17H,6,9-13H2,1-3H3. The number of ether oxygens (including phenoxy) is 4. The summed E-state index contributed by atoms with van der Waals surface area (Å²) in [5.74, 6) is 0.846. The fraction of sp³-hybridized carbons (Fsp3) is 0.625. The molecule has 1 aromatic carbocycles. The van der Waals surface area contributed by atoms with E-state index >= 15 is 0 Å². The second-order valence-electron chi connectivity index (χ2n) is 4.62. The molecular weight excluding hydrogens is 270 g/mol. The van der Waals surface area contributed by atoms with Crippen LogP contribution in [0.2, 0.25) is 0 Å². The van der Waals surface area contributed by atoms with Gasteiger partial charge < -0.3 is 24.3 Å². The van der Waals surface area contributed by atoms with Crippen LogP contribution >= 0.6 is 0 Å². The van der Waals surface area contributed by atoms with E-state index in [1.807, 2.05) is 31.3 Å². The van der Waals surface area contributed by atoms with Crippen LogP contribution in [0.1, 0.15) is 18.1 Å². The van der Waals surface area contributed by atoms with Gasteiger partial charge in [0.1, 0.15) is 5.75 Å². The fourth-order valence-corrected chi connectivity index (χ4v) is 2.03. The van der Waals surface area contributed by atoms with Gasteiger partial charge in [0.25, 0.3) is 0 Å². The Balaban J connectivity index is 2.39. The zero-order chi connectivity index (χ0) is 15.3. The van der Waals surface area contributed by atoms with Crippen LogP contribution in [-0.4, -0.2) is 54.2 Å². The van der Waals surface area contributed by atoms with Crippen LogP contribution < -0.4 is 10.1 Å². The molecule has 1 N–H and O–H groups in total. The molecule has 0 aliphatic heterocycles. The Labute approximate surface area is 127 Å². The third-order valence-corrected chi connectivity index (χ3v) is 3.06. The van der Waals surface area contributed by atoms with Crippen molar-refractivity contribution in [3.8, 4) is 5.75 Å². The molecule has 0 aromatic heterocycles. The number of para-hydroxylation sites is 1. The summed E-state index contributed by atoms with van der Waals surface area (Å²) in [7, 11) is 5.28. The maximum atomic E-state index is 5.92. The molecule has 0 heterocycles. The first-order chi connectivity index (χ1) is 10.3.